The third kappa shape index (κ3) is 3.80. The van der Waals surface area contributed by atoms with Crippen LogP contribution in [0.25, 0.3) is 0 Å². The van der Waals surface area contributed by atoms with Crippen molar-refractivity contribution in [2.75, 3.05) is 27.3 Å². The molecule has 90 valence electrons. The monoisotopic (exact) mass is 228 g/mol. The summed E-state index contributed by atoms with van der Waals surface area (Å²) in [5, 5.41) is 2.71. The van der Waals surface area contributed by atoms with E-state index in [4.69, 9.17) is 0 Å². The molecule has 6 nitrogen and oxygen atoms in total. The molecular formula is C10H16N2O4. The van der Waals surface area contributed by atoms with Crippen LogP contribution in [0.2, 0.25) is 0 Å². The average Bonchev–Trinajstić information content (AvgIpc) is 2.73. The second kappa shape index (κ2) is 5.99. The highest BCUT2D eigenvalue weighted by Gasteiger charge is 2.21. The van der Waals surface area contributed by atoms with E-state index in [2.05, 4.69) is 14.8 Å². The summed E-state index contributed by atoms with van der Waals surface area (Å²) in [4.78, 5) is 23.7. The summed E-state index contributed by atoms with van der Waals surface area (Å²) >= 11 is 0. The molecular weight excluding hydrogens is 212 g/mol. The minimum Gasteiger partial charge on any atom is -0.466 e. The van der Waals surface area contributed by atoms with Crippen LogP contribution < -0.4 is 5.32 Å². The molecule has 0 aromatic carbocycles. The van der Waals surface area contributed by atoms with Gasteiger partial charge in [0.15, 0.2) is 0 Å². The van der Waals surface area contributed by atoms with Gasteiger partial charge in [-0.1, -0.05) is 0 Å². The van der Waals surface area contributed by atoms with Gasteiger partial charge >= 0.3 is 12.1 Å². The molecule has 16 heavy (non-hydrogen) atoms. The lowest BCUT2D eigenvalue weighted by molar-refractivity contribution is -0.134. The Hall–Kier alpha value is -1.72. The fourth-order valence-corrected chi connectivity index (χ4v) is 1.50. The molecule has 0 aromatic heterocycles. The number of alkyl carbamates (subject to hydrolysis) is 1. The number of nitrogens with zero attached hydrogens (tertiary/aromatic N) is 1. The van der Waals surface area contributed by atoms with E-state index in [0.717, 1.165) is 13.0 Å². The van der Waals surface area contributed by atoms with Crippen LogP contribution in [0.1, 0.15) is 6.42 Å². The lowest BCUT2D eigenvalue weighted by atomic mass is 10.3. The van der Waals surface area contributed by atoms with Crippen molar-refractivity contribution in [2.24, 2.45) is 0 Å². The standard InChI is InChI=1S/C10H16N2O4/c1-15-9(13)4-6-12-5-3-8(7-12)11-10(14)16-2/h4,6,8H,3,5,7H2,1-2H3,(H,11,14)/b6-4+. The summed E-state index contributed by atoms with van der Waals surface area (Å²) in [6, 6.07) is 0.0646. The van der Waals surface area contributed by atoms with Crippen LogP contribution in [0.4, 0.5) is 4.79 Å². The van der Waals surface area contributed by atoms with E-state index in [1.807, 2.05) is 4.90 Å². The third-order valence-corrected chi connectivity index (χ3v) is 2.35. The molecule has 0 aromatic rings. The molecule has 1 rings (SSSR count). The van der Waals surface area contributed by atoms with Crippen molar-refractivity contribution in [1.29, 1.82) is 0 Å². The highest BCUT2D eigenvalue weighted by molar-refractivity contribution is 5.81. The van der Waals surface area contributed by atoms with Gasteiger partial charge in [-0.15, -0.1) is 0 Å². The molecule has 0 aliphatic carbocycles. The van der Waals surface area contributed by atoms with Gasteiger partial charge in [0.25, 0.3) is 0 Å². The van der Waals surface area contributed by atoms with E-state index in [9.17, 15) is 9.59 Å². The topological polar surface area (TPSA) is 67.9 Å². The average molecular weight is 228 g/mol. The SMILES string of the molecule is COC(=O)/C=C/N1CCC(NC(=O)OC)C1. The molecule has 0 spiro atoms. The Labute approximate surface area is 94.2 Å². The van der Waals surface area contributed by atoms with Crippen LogP contribution in [0.5, 0.6) is 0 Å². The van der Waals surface area contributed by atoms with Crippen LogP contribution in [-0.2, 0) is 14.3 Å². The molecule has 0 bridgehead atoms. The summed E-state index contributed by atoms with van der Waals surface area (Å²) in [5.74, 6) is -0.385. The van der Waals surface area contributed by atoms with Gasteiger partial charge < -0.3 is 19.7 Å². The van der Waals surface area contributed by atoms with Crippen LogP contribution >= 0.6 is 0 Å². The number of rotatable bonds is 3. The van der Waals surface area contributed by atoms with Crippen molar-refractivity contribution >= 4 is 12.1 Å². The normalized spacial score (nSPS) is 19.9. The first-order chi connectivity index (χ1) is 7.65. The van der Waals surface area contributed by atoms with Crippen molar-refractivity contribution in [3.05, 3.63) is 12.3 Å². The zero-order valence-electron chi connectivity index (χ0n) is 9.43. The van der Waals surface area contributed by atoms with Crippen molar-refractivity contribution in [2.45, 2.75) is 12.5 Å². The van der Waals surface area contributed by atoms with Gasteiger partial charge in [-0.2, -0.15) is 0 Å². The smallest absolute Gasteiger partial charge is 0.407 e. The van der Waals surface area contributed by atoms with Crippen LogP contribution in [0.3, 0.4) is 0 Å². The van der Waals surface area contributed by atoms with E-state index < -0.39 is 6.09 Å². The number of carbonyl (C=O) groups is 2. The first-order valence-electron chi connectivity index (χ1n) is 5.00. The predicted octanol–water partition coefficient (Wildman–Crippen LogP) is 0.103. The maximum absolute atomic E-state index is 10.9. The summed E-state index contributed by atoms with van der Waals surface area (Å²) in [5.41, 5.74) is 0. The highest BCUT2D eigenvalue weighted by atomic mass is 16.5. The molecule has 0 radical (unpaired) electrons. The second-order valence-electron chi connectivity index (χ2n) is 3.46. The minimum absolute atomic E-state index is 0.0646. The molecule has 1 aliphatic heterocycles. The third-order valence-electron chi connectivity index (χ3n) is 2.35. The Morgan fingerprint density at radius 3 is 2.75 bits per heavy atom. The van der Waals surface area contributed by atoms with Gasteiger partial charge in [0.1, 0.15) is 0 Å². The Bertz CT molecular complexity index is 291. The molecule has 6 heteroatoms. The maximum Gasteiger partial charge on any atom is 0.407 e. The lowest BCUT2D eigenvalue weighted by Crippen LogP contribution is -2.36. The minimum atomic E-state index is -0.427. The number of hydrogen-bond donors (Lipinski definition) is 1. The van der Waals surface area contributed by atoms with E-state index in [0.29, 0.717) is 6.54 Å². The fraction of sp³-hybridized carbons (Fsp3) is 0.600. The largest absolute Gasteiger partial charge is 0.466 e. The molecule has 1 saturated heterocycles. The van der Waals surface area contributed by atoms with Crippen LogP contribution in [-0.4, -0.2) is 50.3 Å². The van der Waals surface area contributed by atoms with E-state index in [1.165, 1.54) is 20.3 Å². The van der Waals surface area contributed by atoms with E-state index in [1.54, 1.807) is 6.20 Å². The first-order valence-corrected chi connectivity index (χ1v) is 5.00. The Morgan fingerprint density at radius 2 is 2.12 bits per heavy atom. The van der Waals surface area contributed by atoms with Crippen molar-refractivity contribution in [3.63, 3.8) is 0 Å². The van der Waals surface area contributed by atoms with Crippen molar-refractivity contribution in [3.8, 4) is 0 Å². The van der Waals surface area contributed by atoms with Gasteiger partial charge in [-0.3, -0.25) is 0 Å². The Kier molecular flexibility index (Phi) is 4.63. The summed E-state index contributed by atoms with van der Waals surface area (Å²) in [6.45, 7) is 1.46. The van der Waals surface area contributed by atoms with Crippen LogP contribution in [0, 0.1) is 0 Å². The molecule has 1 fully saturated rings. The van der Waals surface area contributed by atoms with E-state index in [-0.39, 0.29) is 12.0 Å². The lowest BCUT2D eigenvalue weighted by Gasteiger charge is -2.13. The van der Waals surface area contributed by atoms with Crippen molar-refractivity contribution < 1.29 is 19.1 Å². The number of nitrogens with one attached hydrogen (secondary N) is 1. The van der Waals surface area contributed by atoms with Gasteiger partial charge in [0.05, 0.1) is 20.3 Å². The fourth-order valence-electron chi connectivity index (χ4n) is 1.50. The number of likely N-dealkylation sites (tertiary alicyclic amines) is 1. The second-order valence-corrected chi connectivity index (χ2v) is 3.46. The number of hydrogen-bond acceptors (Lipinski definition) is 5. The molecule has 1 amide bonds. The predicted molar refractivity (Wildman–Crippen MR) is 56.7 cm³/mol. The number of methoxy groups -OCH3 is 2. The number of esters is 1. The molecule has 1 unspecified atom stereocenters. The first kappa shape index (κ1) is 12.4. The van der Waals surface area contributed by atoms with Crippen LogP contribution in [0.15, 0.2) is 12.3 Å². The molecule has 1 atom stereocenters. The Balaban J connectivity index is 2.32. The van der Waals surface area contributed by atoms with Gasteiger partial charge in [-0.05, 0) is 6.42 Å². The zero-order chi connectivity index (χ0) is 12.0. The molecule has 1 heterocycles. The van der Waals surface area contributed by atoms with Gasteiger partial charge in [-0.25, -0.2) is 9.59 Å². The molecule has 1 N–H and O–H groups in total. The van der Waals surface area contributed by atoms with E-state index >= 15 is 0 Å². The number of ether oxygens (including phenoxy) is 2. The quantitative estimate of drug-likeness (QED) is 0.548. The number of amides is 1. The van der Waals surface area contributed by atoms with Gasteiger partial charge in [0, 0.05) is 25.4 Å². The molecule has 1 aliphatic rings. The molecule has 0 saturated carbocycles. The Morgan fingerprint density at radius 1 is 1.38 bits per heavy atom. The number of carbonyl (C=O) groups excluding carboxylic acids is 2. The zero-order valence-corrected chi connectivity index (χ0v) is 9.43. The summed E-state index contributed by atoms with van der Waals surface area (Å²) in [6.07, 6.45) is 3.44. The van der Waals surface area contributed by atoms with Gasteiger partial charge in [0.2, 0.25) is 0 Å². The maximum atomic E-state index is 10.9. The summed E-state index contributed by atoms with van der Waals surface area (Å²) in [7, 11) is 2.66. The summed E-state index contributed by atoms with van der Waals surface area (Å²) < 4.78 is 8.98. The highest BCUT2D eigenvalue weighted by Crippen LogP contribution is 2.09. The van der Waals surface area contributed by atoms with Crippen molar-refractivity contribution in [1.82, 2.24) is 10.2 Å².